The van der Waals surface area contributed by atoms with Crippen LogP contribution in [-0.2, 0) is 0 Å². The van der Waals surface area contributed by atoms with Crippen LogP contribution in [0.25, 0.3) is 0 Å². The van der Waals surface area contributed by atoms with Gasteiger partial charge in [-0.25, -0.2) is 0 Å². The average molecular weight is 428 g/mol. The van der Waals surface area contributed by atoms with Crippen LogP contribution in [0.5, 0.6) is 5.75 Å². The molecule has 0 saturated heterocycles. The Morgan fingerprint density at radius 3 is 2.39 bits per heavy atom. The van der Waals surface area contributed by atoms with Crippen LogP contribution in [0.15, 0.2) is 77.8 Å². The van der Waals surface area contributed by atoms with E-state index in [2.05, 4.69) is 4.99 Å². The van der Waals surface area contributed by atoms with Crippen LogP contribution in [0.4, 0.5) is 5.69 Å². The number of carbonyl (C=O) groups is 1. The van der Waals surface area contributed by atoms with Gasteiger partial charge in [-0.15, -0.1) is 11.1 Å². The molecule has 3 nitrogen and oxygen atoms in total. The molecule has 0 fully saturated rings. The number of hydrogen-bond donors (Lipinski definition) is 0. The first-order chi connectivity index (χ1) is 13.3. The number of para-hydroxylation sites is 1. The molecule has 0 aliphatic heterocycles. The molecule has 0 bridgehead atoms. The van der Waals surface area contributed by atoms with Gasteiger partial charge in [-0.05, 0) is 43.4 Å². The largest absolute Gasteiger partial charge is 0.529 e. The van der Waals surface area contributed by atoms with E-state index < -0.39 is 7.63 Å². The van der Waals surface area contributed by atoms with Gasteiger partial charge in [0.15, 0.2) is 5.78 Å². The molecular weight excluding hydrogens is 409 g/mol. The van der Waals surface area contributed by atoms with Crippen molar-refractivity contribution < 1.29 is 9.22 Å². The summed E-state index contributed by atoms with van der Waals surface area (Å²) < 4.78 is 5.91. The Bertz CT molecular complexity index is 1010. The number of hydrogen-bond acceptors (Lipinski definition) is 3. The Hall–Kier alpha value is -2.40. The molecule has 0 aliphatic carbocycles. The van der Waals surface area contributed by atoms with Crippen molar-refractivity contribution in [2.45, 2.75) is 13.1 Å². The maximum Gasteiger partial charge on any atom is 0.341 e. The maximum atomic E-state index is 12.9. The quantitative estimate of drug-likeness (QED) is 0.191. The third-order valence-electron chi connectivity index (χ3n) is 3.85. The lowest BCUT2D eigenvalue weighted by molar-refractivity contribution is 0.103. The molecule has 0 aliphatic rings. The van der Waals surface area contributed by atoms with Crippen molar-refractivity contribution in [2.75, 3.05) is 0 Å². The third kappa shape index (κ3) is 5.32. The monoisotopic (exact) mass is 427 g/mol. The first kappa shape index (κ1) is 20.3. The van der Waals surface area contributed by atoms with Gasteiger partial charge in [-0.1, -0.05) is 54.1 Å². The number of nitrogens with zero attached hydrogens (tertiary/aromatic N) is 1. The number of benzene rings is 3. The smallest absolute Gasteiger partial charge is 0.341 e. The van der Waals surface area contributed by atoms with Crippen LogP contribution in [0.1, 0.15) is 21.5 Å². The fraction of sp³-hybridized carbons (Fsp3) is 0.0909. The first-order valence-electron chi connectivity index (χ1n) is 8.74. The number of ketones is 1. The van der Waals surface area contributed by atoms with Gasteiger partial charge in [0.1, 0.15) is 5.75 Å². The normalized spacial score (nSPS) is 11.6. The van der Waals surface area contributed by atoms with Gasteiger partial charge in [-0.3, -0.25) is 9.79 Å². The summed E-state index contributed by atoms with van der Waals surface area (Å²) in [5, 5.41) is 0.483. The Balaban J connectivity index is 1.97. The average Bonchev–Trinajstić information content (AvgIpc) is 2.67. The molecule has 3 rings (SSSR count). The van der Waals surface area contributed by atoms with Crippen molar-refractivity contribution in [1.82, 2.24) is 0 Å². The number of aliphatic imine (C=N–C) groups is 1. The first-order valence-corrected chi connectivity index (χ1v) is 13.0. The van der Waals surface area contributed by atoms with E-state index in [1.807, 2.05) is 55.6 Å². The molecule has 0 amide bonds. The van der Waals surface area contributed by atoms with Gasteiger partial charge >= 0.3 is 7.63 Å². The molecule has 0 N–H and O–H groups in total. The summed E-state index contributed by atoms with van der Waals surface area (Å²) in [6.45, 7) is 3.80. The SMILES string of the molecule is C[Si](C)(Cl)Oc1ccccc1C=Nc1ccc(Cl)cc1C(=O)c1ccccc1. The van der Waals surface area contributed by atoms with Crippen LogP contribution >= 0.6 is 22.7 Å². The van der Waals surface area contributed by atoms with Gasteiger partial charge < -0.3 is 4.43 Å². The van der Waals surface area contributed by atoms with Crippen molar-refractivity contribution >= 4 is 48.0 Å². The van der Waals surface area contributed by atoms with E-state index in [4.69, 9.17) is 27.1 Å². The fourth-order valence-corrected chi connectivity index (χ4v) is 3.76. The number of carbonyl (C=O) groups excluding carboxylic acids is 1. The number of rotatable bonds is 6. The van der Waals surface area contributed by atoms with Crippen molar-refractivity contribution in [3.05, 3.63) is 94.5 Å². The van der Waals surface area contributed by atoms with Crippen LogP contribution in [-0.4, -0.2) is 19.6 Å². The van der Waals surface area contributed by atoms with E-state index in [0.717, 1.165) is 5.56 Å². The van der Waals surface area contributed by atoms with Crippen molar-refractivity contribution in [1.29, 1.82) is 0 Å². The standard InChI is InChI=1S/C22H19Cl2NO2Si/c1-28(2,24)27-21-11-7-6-10-17(21)15-25-20-13-12-18(23)14-19(20)22(26)16-8-4-3-5-9-16/h3-15H,1-2H3. The predicted molar refractivity (Wildman–Crippen MR) is 119 cm³/mol. The minimum atomic E-state index is -2.28. The Morgan fingerprint density at radius 2 is 1.68 bits per heavy atom. The molecule has 3 aromatic carbocycles. The summed E-state index contributed by atoms with van der Waals surface area (Å²) in [4.78, 5) is 17.5. The van der Waals surface area contributed by atoms with Gasteiger partial charge in [0, 0.05) is 27.9 Å². The molecule has 6 heteroatoms. The minimum absolute atomic E-state index is 0.130. The zero-order chi connectivity index (χ0) is 20.1. The maximum absolute atomic E-state index is 12.9. The lowest BCUT2D eigenvalue weighted by atomic mass is 10.0. The van der Waals surface area contributed by atoms with Crippen molar-refractivity contribution in [3.8, 4) is 5.75 Å². The molecule has 0 atom stereocenters. The number of halogens is 2. The lowest BCUT2D eigenvalue weighted by Gasteiger charge is -2.18. The molecule has 0 aromatic heterocycles. The topological polar surface area (TPSA) is 38.7 Å². The Kier molecular flexibility index (Phi) is 6.34. The van der Waals surface area contributed by atoms with Gasteiger partial charge in [-0.2, -0.15) is 0 Å². The van der Waals surface area contributed by atoms with E-state index in [1.54, 1.807) is 36.5 Å². The van der Waals surface area contributed by atoms with Gasteiger partial charge in [0.05, 0.1) is 5.69 Å². The molecule has 0 saturated carbocycles. The van der Waals surface area contributed by atoms with E-state index in [9.17, 15) is 4.79 Å². The third-order valence-corrected chi connectivity index (χ3v) is 5.03. The van der Waals surface area contributed by atoms with Crippen molar-refractivity contribution in [2.24, 2.45) is 4.99 Å². The highest BCUT2D eigenvalue weighted by atomic mass is 35.6. The van der Waals surface area contributed by atoms with Gasteiger partial charge in [0.2, 0.25) is 0 Å². The summed E-state index contributed by atoms with van der Waals surface area (Å²) in [7, 11) is -2.28. The van der Waals surface area contributed by atoms with Crippen LogP contribution in [0, 0.1) is 0 Å². The zero-order valence-corrected chi connectivity index (χ0v) is 18.0. The second-order valence-electron chi connectivity index (χ2n) is 6.62. The summed E-state index contributed by atoms with van der Waals surface area (Å²) >= 11 is 12.5. The molecule has 0 radical (unpaired) electrons. The highest BCUT2D eigenvalue weighted by Gasteiger charge is 2.21. The molecule has 142 valence electrons. The molecule has 0 heterocycles. The van der Waals surface area contributed by atoms with E-state index in [-0.39, 0.29) is 5.78 Å². The van der Waals surface area contributed by atoms with Gasteiger partial charge in [0.25, 0.3) is 0 Å². The van der Waals surface area contributed by atoms with E-state index in [0.29, 0.717) is 27.6 Å². The minimum Gasteiger partial charge on any atom is -0.529 e. The van der Waals surface area contributed by atoms with Crippen LogP contribution in [0.3, 0.4) is 0 Å². The summed E-state index contributed by atoms with van der Waals surface area (Å²) in [5.41, 5.74) is 2.35. The van der Waals surface area contributed by atoms with E-state index >= 15 is 0 Å². The fourth-order valence-electron chi connectivity index (χ4n) is 2.63. The van der Waals surface area contributed by atoms with Crippen LogP contribution < -0.4 is 4.43 Å². The lowest BCUT2D eigenvalue weighted by Crippen LogP contribution is -2.26. The summed E-state index contributed by atoms with van der Waals surface area (Å²) in [6, 6.07) is 21.7. The van der Waals surface area contributed by atoms with Crippen molar-refractivity contribution in [3.63, 3.8) is 0 Å². The molecular formula is C22H19Cl2NO2Si. The van der Waals surface area contributed by atoms with E-state index in [1.165, 1.54) is 0 Å². The predicted octanol–water partition coefficient (Wildman–Crippen LogP) is 6.64. The Morgan fingerprint density at radius 1 is 1.00 bits per heavy atom. The Labute approximate surface area is 175 Å². The second kappa shape index (κ2) is 8.74. The molecule has 0 unspecified atom stereocenters. The highest BCUT2D eigenvalue weighted by Crippen LogP contribution is 2.27. The molecule has 28 heavy (non-hydrogen) atoms. The molecule has 3 aromatic rings. The second-order valence-corrected chi connectivity index (χ2v) is 12.7. The summed E-state index contributed by atoms with van der Waals surface area (Å²) in [6.07, 6.45) is 1.68. The highest BCUT2D eigenvalue weighted by molar-refractivity contribution is 7.15. The molecule has 0 spiro atoms. The van der Waals surface area contributed by atoms with Crippen LogP contribution in [0.2, 0.25) is 18.1 Å². The zero-order valence-electron chi connectivity index (χ0n) is 15.5. The summed E-state index contributed by atoms with van der Waals surface area (Å²) in [5.74, 6) is 0.539.